The topological polar surface area (TPSA) is 61.8 Å². The molecule has 0 bridgehead atoms. The maximum Gasteiger partial charge on any atom is 0.306 e. The minimum Gasteiger partial charge on any atom is -0.462 e. The van der Waals surface area contributed by atoms with Crippen LogP contribution in [0.3, 0.4) is 0 Å². The van der Waals surface area contributed by atoms with Gasteiger partial charge in [0.2, 0.25) is 0 Å². The molecule has 5 nitrogen and oxygen atoms in total. The normalized spacial score (nSPS) is 12.7. The summed E-state index contributed by atoms with van der Waals surface area (Å²) in [5, 5.41) is 0. The molecule has 1 unspecified atom stereocenters. The third kappa shape index (κ3) is 52.0. The first-order valence-electron chi connectivity index (χ1n) is 27.5. The van der Waals surface area contributed by atoms with Crippen molar-refractivity contribution in [2.24, 2.45) is 0 Å². The highest BCUT2D eigenvalue weighted by molar-refractivity contribution is 5.70. The summed E-state index contributed by atoms with van der Waals surface area (Å²) in [5.74, 6) is -0.439. The van der Waals surface area contributed by atoms with Crippen molar-refractivity contribution in [3.8, 4) is 0 Å². The zero-order chi connectivity index (χ0) is 46.3. The molecular formula is C59H104O5. The Bertz CT molecular complexity index is 1150. The zero-order valence-corrected chi connectivity index (χ0v) is 42.5. The van der Waals surface area contributed by atoms with Crippen LogP contribution in [0.25, 0.3) is 0 Å². The molecule has 0 aromatic rings. The molecule has 0 saturated carbocycles. The monoisotopic (exact) mass is 893 g/mol. The molecule has 0 aliphatic rings. The van der Waals surface area contributed by atoms with Crippen LogP contribution in [0.4, 0.5) is 0 Å². The van der Waals surface area contributed by atoms with Crippen molar-refractivity contribution in [3.63, 3.8) is 0 Å². The Morgan fingerprint density at radius 3 is 1.19 bits per heavy atom. The number of hydrogen-bond donors (Lipinski definition) is 0. The molecule has 0 aromatic heterocycles. The highest BCUT2D eigenvalue weighted by Gasteiger charge is 2.17. The molecule has 5 heteroatoms. The lowest BCUT2D eigenvalue weighted by molar-refractivity contribution is -0.163. The molecule has 0 fully saturated rings. The minimum absolute atomic E-state index is 0.0631. The number of carbonyl (C=O) groups excluding carboxylic acids is 2. The Morgan fingerprint density at radius 2 is 0.703 bits per heavy atom. The van der Waals surface area contributed by atoms with Gasteiger partial charge in [0.15, 0.2) is 6.10 Å². The van der Waals surface area contributed by atoms with Gasteiger partial charge in [-0.1, -0.05) is 235 Å². The van der Waals surface area contributed by atoms with Crippen molar-refractivity contribution in [2.75, 3.05) is 19.8 Å². The van der Waals surface area contributed by atoms with Crippen molar-refractivity contribution in [1.82, 2.24) is 0 Å². The molecule has 0 N–H and O–H groups in total. The summed E-state index contributed by atoms with van der Waals surface area (Å²) in [6.45, 7) is 7.66. The number of hydrogen-bond acceptors (Lipinski definition) is 5. The summed E-state index contributed by atoms with van der Waals surface area (Å²) in [4.78, 5) is 25.4. The summed E-state index contributed by atoms with van der Waals surface area (Å²) in [6, 6.07) is 0. The largest absolute Gasteiger partial charge is 0.462 e. The van der Waals surface area contributed by atoms with E-state index in [2.05, 4.69) is 93.7 Å². The van der Waals surface area contributed by atoms with Gasteiger partial charge in [-0.15, -0.1) is 0 Å². The van der Waals surface area contributed by atoms with Crippen LogP contribution in [0.15, 0.2) is 72.9 Å². The van der Waals surface area contributed by atoms with E-state index in [0.717, 1.165) is 77.0 Å². The van der Waals surface area contributed by atoms with Crippen molar-refractivity contribution in [2.45, 2.75) is 271 Å². The van der Waals surface area contributed by atoms with E-state index >= 15 is 0 Å². The minimum atomic E-state index is -0.555. The van der Waals surface area contributed by atoms with E-state index in [-0.39, 0.29) is 25.2 Å². The highest BCUT2D eigenvalue weighted by Crippen LogP contribution is 2.15. The van der Waals surface area contributed by atoms with Gasteiger partial charge in [0.1, 0.15) is 6.61 Å². The predicted molar refractivity (Wildman–Crippen MR) is 279 cm³/mol. The average molecular weight is 893 g/mol. The van der Waals surface area contributed by atoms with Gasteiger partial charge in [-0.2, -0.15) is 0 Å². The Morgan fingerprint density at radius 1 is 0.359 bits per heavy atom. The summed E-state index contributed by atoms with van der Waals surface area (Å²) in [7, 11) is 0. The van der Waals surface area contributed by atoms with Crippen LogP contribution in [0.2, 0.25) is 0 Å². The van der Waals surface area contributed by atoms with E-state index in [4.69, 9.17) is 14.2 Å². The number of ether oxygens (including phenoxy) is 3. The molecule has 0 spiro atoms. The number of unbranched alkanes of at least 4 members (excludes halogenated alkanes) is 27. The lowest BCUT2D eigenvalue weighted by Crippen LogP contribution is -2.30. The van der Waals surface area contributed by atoms with E-state index in [1.807, 2.05) is 0 Å². The van der Waals surface area contributed by atoms with Crippen LogP contribution in [0.1, 0.15) is 265 Å². The third-order valence-corrected chi connectivity index (χ3v) is 11.7. The Labute approximate surface area is 397 Å². The number of esters is 2. The maximum absolute atomic E-state index is 12.8. The van der Waals surface area contributed by atoms with E-state index in [1.54, 1.807) is 0 Å². The number of rotatable bonds is 50. The fourth-order valence-electron chi connectivity index (χ4n) is 7.65. The average Bonchev–Trinajstić information content (AvgIpc) is 3.30. The predicted octanol–water partition coefficient (Wildman–Crippen LogP) is 18.7. The second kappa shape index (κ2) is 54.7. The molecule has 0 amide bonds. The molecule has 0 aromatic carbocycles. The van der Waals surface area contributed by atoms with Crippen LogP contribution >= 0.6 is 0 Å². The van der Waals surface area contributed by atoms with Crippen LogP contribution in [0.5, 0.6) is 0 Å². The molecule has 0 heterocycles. The molecule has 1 atom stereocenters. The summed E-state index contributed by atoms with van der Waals surface area (Å²) in [6.07, 6.45) is 70.6. The smallest absolute Gasteiger partial charge is 0.306 e. The van der Waals surface area contributed by atoms with E-state index in [1.165, 1.54) is 154 Å². The van der Waals surface area contributed by atoms with Gasteiger partial charge in [0.05, 0.1) is 6.61 Å². The summed E-state index contributed by atoms with van der Waals surface area (Å²) >= 11 is 0. The van der Waals surface area contributed by atoms with Gasteiger partial charge in [-0.25, -0.2) is 0 Å². The van der Waals surface area contributed by atoms with Crippen LogP contribution in [-0.4, -0.2) is 37.9 Å². The molecule has 0 radical (unpaired) electrons. The van der Waals surface area contributed by atoms with Gasteiger partial charge in [0.25, 0.3) is 0 Å². The molecule has 64 heavy (non-hydrogen) atoms. The summed E-state index contributed by atoms with van der Waals surface area (Å²) < 4.78 is 17.4. The number of carbonyl (C=O) groups is 2. The molecule has 0 aliphatic carbocycles. The zero-order valence-electron chi connectivity index (χ0n) is 42.5. The summed E-state index contributed by atoms with van der Waals surface area (Å²) in [5.41, 5.74) is 0. The molecule has 0 aliphatic heterocycles. The standard InChI is InChI=1S/C59H104O5/c1-4-7-10-13-16-19-22-25-27-28-29-30-31-33-36-39-42-45-48-51-54-62-55-57(64-59(61)53-50-47-44-41-38-34-24-21-18-15-12-9-6-3)56-63-58(60)52-49-46-43-40-37-35-32-26-23-20-17-14-11-8-5-2/h8,11,16-17,19-20,25-27,32,37,40,57H,4-7,9-10,12-15,18,21-24,28-31,33-36,38-39,41-56H2,1-3H3/b11-8-,19-16-,20-17-,27-25-,32-26-,40-37-. The second-order valence-electron chi connectivity index (χ2n) is 18.1. The van der Waals surface area contributed by atoms with Crippen molar-refractivity contribution in [3.05, 3.63) is 72.9 Å². The second-order valence-corrected chi connectivity index (χ2v) is 18.1. The lowest BCUT2D eigenvalue weighted by Gasteiger charge is -2.18. The third-order valence-electron chi connectivity index (χ3n) is 11.7. The Hall–Kier alpha value is -2.66. The molecule has 370 valence electrons. The Kier molecular flexibility index (Phi) is 52.4. The molecule has 0 saturated heterocycles. The first-order chi connectivity index (χ1) is 31.6. The van der Waals surface area contributed by atoms with E-state index in [9.17, 15) is 9.59 Å². The molecule has 0 rings (SSSR count). The van der Waals surface area contributed by atoms with Gasteiger partial charge in [0, 0.05) is 19.4 Å². The van der Waals surface area contributed by atoms with Gasteiger partial charge in [-0.05, 0) is 89.9 Å². The van der Waals surface area contributed by atoms with Gasteiger partial charge >= 0.3 is 11.9 Å². The van der Waals surface area contributed by atoms with E-state index < -0.39 is 6.10 Å². The fraction of sp³-hybridized carbons (Fsp3) is 0.763. The van der Waals surface area contributed by atoms with Crippen molar-refractivity contribution < 1.29 is 23.8 Å². The SMILES string of the molecule is CC/C=C\C/C=C\C/C=C\C/C=C\CCCCC(=O)OCC(COCCCCCCCCCCCC/C=C\C/C=C\CCCCC)OC(=O)CCCCCCCCCCCCCCC. The van der Waals surface area contributed by atoms with Gasteiger partial charge in [-0.3, -0.25) is 9.59 Å². The lowest BCUT2D eigenvalue weighted by atomic mass is 10.0. The quantitative estimate of drug-likeness (QED) is 0.0346. The fourth-order valence-corrected chi connectivity index (χ4v) is 7.65. The highest BCUT2D eigenvalue weighted by atomic mass is 16.6. The van der Waals surface area contributed by atoms with Crippen molar-refractivity contribution in [1.29, 1.82) is 0 Å². The maximum atomic E-state index is 12.8. The number of allylic oxidation sites excluding steroid dienone is 12. The van der Waals surface area contributed by atoms with Crippen molar-refractivity contribution >= 4 is 11.9 Å². The van der Waals surface area contributed by atoms with E-state index in [0.29, 0.717) is 19.4 Å². The van der Waals surface area contributed by atoms with Crippen LogP contribution in [-0.2, 0) is 23.8 Å². The van der Waals surface area contributed by atoms with Crippen LogP contribution < -0.4 is 0 Å². The Balaban J connectivity index is 4.29. The first-order valence-corrected chi connectivity index (χ1v) is 27.5. The van der Waals surface area contributed by atoms with Crippen LogP contribution in [0, 0.1) is 0 Å². The first kappa shape index (κ1) is 61.3. The molecular weight excluding hydrogens is 789 g/mol. The van der Waals surface area contributed by atoms with Gasteiger partial charge < -0.3 is 14.2 Å².